The Balaban J connectivity index is 1.95. The Morgan fingerprint density at radius 2 is 1.83 bits per heavy atom. The second-order valence-electron chi connectivity index (χ2n) is 6.43. The smallest absolute Gasteiger partial charge is 0.227 e. The van der Waals surface area contributed by atoms with Crippen molar-refractivity contribution in [3.05, 3.63) is 60.2 Å². The minimum Gasteiger partial charge on any atom is -0.508 e. The first kappa shape index (κ1) is 16.9. The Morgan fingerprint density at radius 3 is 2.48 bits per heavy atom. The molecule has 0 heterocycles. The van der Waals surface area contributed by atoms with E-state index in [9.17, 15) is 9.90 Å². The van der Waals surface area contributed by atoms with Gasteiger partial charge in [0.1, 0.15) is 5.75 Å². The van der Waals surface area contributed by atoms with Gasteiger partial charge in [0.2, 0.25) is 5.91 Å². The summed E-state index contributed by atoms with van der Waals surface area (Å²) in [7, 11) is 1.92. The maximum atomic E-state index is 12.5. The lowest BCUT2D eigenvalue weighted by atomic mass is 9.91. The van der Waals surface area contributed by atoms with Gasteiger partial charge in [-0.1, -0.05) is 36.4 Å². The van der Waals surface area contributed by atoms with Crippen LogP contribution in [-0.4, -0.2) is 24.6 Å². The van der Waals surface area contributed by atoms with E-state index >= 15 is 0 Å². The van der Waals surface area contributed by atoms with Gasteiger partial charge in [0.15, 0.2) is 0 Å². The van der Waals surface area contributed by atoms with Crippen LogP contribution in [0.25, 0.3) is 0 Å². The molecule has 4 heteroatoms. The maximum absolute atomic E-state index is 12.5. The van der Waals surface area contributed by atoms with Crippen LogP contribution in [0.2, 0.25) is 0 Å². The Labute approximate surface area is 137 Å². The molecule has 0 saturated heterocycles. The van der Waals surface area contributed by atoms with Crippen LogP contribution in [0.15, 0.2) is 54.6 Å². The minimum absolute atomic E-state index is 0.00774. The molecule has 2 aromatic rings. The summed E-state index contributed by atoms with van der Waals surface area (Å²) in [5, 5.41) is 12.6. The van der Waals surface area contributed by atoms with Crippen LogP contribution in [-0.2, 0) is 11.3 Å². The van der Waals surface area contributed by atoms with Gasteiger partial charge in [-0.05, 0) is 31.5 Å². The van der Waals surface area contributed by atoms with E-state index in [1.54, 1.807) is 18.2 Å². The molecule has 0 unspecified atom stereocenters. The normalized spacial score (nSPS) is 11.1. The van der Waals surface area contributed by atoms with Crippen LogP contribution in [0.4, 0.5) is 5.69 Å². The van der Waals surface area contributed by atoms with E-state index in [1.807, 2.05) is 62.2 Å². The number of carbonyl (C=O) groups excluding carboxylic acids is 1. The zero-order valence-corrected chi connectivity index (χ0v) is 13.9. The molecule has 2 N–H and O–H groups in total. The average molecular weight is 312 g/mol. The summed E-state index contributed by atoms with van der Waals surface area (Å²) < 4.78 is 0. The molecule has 0 bridgehead atoms. The molecule has 122 valence electrons. The number of anilines is 1. The first-order valence-corrected chi connectivity index (χ1v) is 7.71. The average Bonchev–Trinajstić information content (AvgIpc) is 2.53. The van der Waals surface area contributed by atoms with Gasteiger partial charge >= 0.3 is 0 Å². The van der Waals surface area contributed by atoms with E-state index in [0.29, 0.717) is 13.1 Å². The van der Waals surface area contributed by atoms with E-state index in [1.165, 1.54) is 0 Å². The number of phenols is 1. The van der Waals surface area contributed by atoms with E-state index < -0.39 is 5.41 Å². The van der Waals surface area contributed by atoms with Crippen molar-refractivity contribution in [3.8, 4) is 5.75 Å². The summed E-state index contributed by atoms with van der Waals surface area (Å²) in [6.07, 6.45) is 0. The number of aromatic hydroxyl groups is 1. The molecule has 0 atom stereocenters. The van der Waals surface area contributed by atoms with Gasteiger partial charge in [0, 0.05) is 31.9 Å². The number of carbonyl (C=O) groups is 1. The molecule has 4 nitrogen and oxygen atoms in total. The Kier molecular flexibility index (Phi) is 5.27. The van der Waals surface area contributed by atoms with Crippen molar-refractivity contribution in [2.75, 3.05) is 18.5 Å². The number of nitrogens with one attached hydrogen (secondary N) is 1. The predicted molar refractivity (Wildman–Crippen MR) is 93.4 cm³/mol. The van der Waals surface area contributed by atoms with E-state index in [4.69, 9.17) is 0 Å². The molecule has 2 aromatic carbocycles. The summed E-state index contributed by atoms with van der Waals surface area (Å²) in [4.78, 5) is 14.5. The Morgan fingerprint density at radius 1 is 1.13 bits per heavy atom. The van der Waals surface area contributed by atoms with E-state index in [2.05, 4.69) is 5.32 Å². The monoisotopic (exact) mass is 312 g/mol. The van der Waals surface area contributed by atoms with Crippen molar-refractivity contribution in [2.24, 2.45) is 5.41 Å². The van der Waals surface area contributed by atoms with E-state index in [-0.39, 0.29) is 11.7 Å². The number of hydrogen-bond donors (Lipinski definition) is 2. The van der Waals surface area contributed by atoms with Crippen molar-refractivity contribution in [1.29, 1.82) is 0 Å². The number of benzene rings is 2. The lowest BCUT2D eigenvalue weighted by Gasteiger charge is -2.30. The summed E-state index contributed by atoms with van der Waals surface area (Å²) in [6, 6.07) is 16.9. The lowest BCUT2D eigenvalue weighted by Crippen LogP contribution is -2.43. The third-order valence-corrected chi connectivity index (χ3v) is 3.81. The minimum atomic E-state index is -0.547. The van der Waals surface area contributed by atoms with E-state index in [0.717, 1.165) is 11.3 Å². The highest BCUT2D eigenvalue weighted by Crippen LogP contribution is 2.24. The molecular formula is C19H24N2O2. The van der Waals surface area contributed by atoms with Crippen LogP contribution in [0.3, 0.4) is 0 Å². The fourth-order valence-electron chi connectivity index (χ4n) is 2.50. The quantitative estimate of drug-likeness (QED) is 0.861. The molecule has 0 spiro atoms. The number of nitrogens with zero attached hydrogens (tertiary/aromatic N) is 1. The zero-order chi connectivity index (χ0) is 16.9. The molecule has 1 amide bonds. The third kappa shape index (κ3) is 4.74. The largest absolute Gasteiger partial charge is 0.508 e. The van der Waals surface area contributed by atoms with Gasteiger partial charge in [-0.3, -0.25) is 4.79 Å². The number of phenolic OH excluding ortho intramolecular Hbond substituents is 1. The highest BCUT2D eigenvalue weighted by atomic mass is 16.3. The van der Waals surface area contributed by atoms with Crippen molar-refractivity contribution >= 4 is 11.6 Å². The molecule has 0 saturated carbocycles. The standard InChI is InChI=1S/C19H24N2O2/c1-19(2,14-21(3)16-10-7-11-17(22)12-16)18(23)20-13-15-8-5-4-6-9-15/h4-12,22H,13-14H2,1-3H3,(H,20,23). The van der Waals surface area contributed by atoms with Gasteiger partial charge in [-0.15, -0.1) is 0 Å². The predicted octanol–water partition coefficient (Wildman–Crippen LogP) is 3.17. The molecule has 0 radical (unpaired) electrons. The second-order valence-corrected chi connectivity index (χ2v) is 6.43. The second kappa shape index (κ2) is 7.18. The molecular weight excluding hydrogens is 288 g/mol. The number of hydrogen-bond acceptors (Lipinski definition) is 3. The first-order chi connectivity index (χ1) is 10.9. The molecule has 0 aliphatic heterocycles. The fourth-order valence-corrected chi connectivity index (χ4v) is 2.50. The summed E-state index contributed by atoms with van der Waals surface area (Å²) in [5.74, 6) is 0.231. The van der Waals surface area contributed by atoms with Crippen LogP contribution in [0.5, 0.6) is 5.75 Å². The highest BCUT2D eigenvalue weighted by Gasteiger charge is 2.29. The number of amides is 1. The molecule has 0 aliphatic rings. The Bertz CT molecular complexity index is 653. The van der Waals surface area contributed by atoms with Gasteiger partial charge in [0.25, 0.3) is 0 Å². The van der Waals surface area contributed by atoms with Crippen LogP contribution in [0, 0.1) is 5.41 Å². The van der Waals surface area contributed by atoms with Gasteiger partial charge in [-0.25, -0.2) is 0 Å². The Hall–Kier alpha value is -2.49. The highest BCUT2D eigenvalue weighted by molar-refractivity contribution is 5.82. The van der Waals surface area contributed by atoms with Crippen LogP contribution in [0.1, 0.15) is 19.4 Å². The lowest BCUT2D eigenvalue weighted by molar-refractivity contribution is -0.129. The molecule has 2 rings (SSSR count). The first-order valence-electron chi connectivity index (χ1n) is 7.71. The van der Waals surface area contributed by atoms with Crippen LogP contribution >= 0.6 is 0 Å². The van der Waals surface area contributed by atoms with Crippen molar-refractivity contribution < 1.29 is 9.90 Å². The zero-order valence-electron chi connectivity index (χ0n) is 13.9. The number of rotatable bonds is 6. The van der Waals surface area contributed by atoms with Gasteiger partial charge < -0.3 is 15.3 Å². The van der Waals surface area contributed by atoms with Crippen molar-refractivity contribution in [3.63, 3.8) is 0 Å². The fraction of sp³-hybridized carbons (Fsp3) is 0.316. The molecule has 0 aliphatic carbocycles. The van der Waals surface area contributed by atoms with Crippen molar-refractivity contribution in [1.82, 2.24) is 5.32 Å². The third-order valence-electron chi connectivity index (χ3n) is 3.81. The van der Waals surface area contributed by atoms with Crippen molar-refractivity contribution in [2.45, 2.75) is 20.4 Å². The molecule has 23 heavy (non-hydrogen) atoms. The van der Waals surface area contributed by atoms with Crippen LogP contribution < -0.4 is 10.2 Å². The molecule has 0 fully saturated rings. The maximum Gasteiger partial charge on any atom is 0.227 e. The van der Waals surface area contributed by atoms with Gasteiger partial charge in [-0.2, -0.15) is 0 Å². The topological polar surface area (TPSA) is 52.6 Å². The summed E-state index contributed by atoms with van der Waals surface area (Å²) >= 11 is 0. The SMILES string of the molecule is CN(CC(C)(C)C(=O)NCc1ccccc1)c1cccc(O)c1. The summed E-state index contributed by atoms with van der Waals surface area (Å²) in [5.41, 5.74) is 1.42. The van der Waals surface area contributed by atoms with Gasteiger partial charge in [0.05, 0.1) is 5.41 Å². The summed E-state index contributed by atoms with van der Waals surface area (Å²) in [6.45, 7) is 4.93. The molecule has 0 aromatic heterocycles.